The minimum atomic E-state index is -3.70. The third-order valence-corrected chi connectivity index (χ3v) is 14.4. The molecule has 16 heteroatoms. The minimum absolute atomic E-state index is 0.00910. The van der Waals surface area contributed by atoms with Crippen LogP contribution in [0.15, 0.2) is 152 Å². The summed E-state index contributed by atoms with van der Waals surface area (Å²) in [6, 6.07) is 47.6. The van der Waals surface area contributed by atoms with E-state index >= 15 is 0 Å². The highest BCUT2D eigenvalue weighted by Gasteiger charge is 2.47. The van der Waals surface area contributed by atoms with E-state index in [1.54, 1.807) is 37.1 Å². The number of benzene rings is 5. The van der Waals surface area contributed by atoms with Crippen molar-refractivity contribution in [3.63, 3.8) is 0 Å². The lowest BCUT2D eigenvalue weighted by molar-refractivity contribution is -0.145. The van der Waals surface area contributed by atoms with Crippen LogP contribution in [0, 0.1) is 5.41 Å². The number of nitrogens with zero attached hydrogens (tertiary/aromatic N) is 6. The van der Waals surface area contributed by atoms with Crippen LogP contribution in [0.4, 0.5) is 5.95 Å². The first-order valence-corrected chi connectivity index (χ1v) is 24.8. The molecule has 0 bridgehead atoms. The average molecular weight is 956 g/mol. The van der Waals surface area contributed by atoms with Gasteiger partial charge in [0.2, 0.25) is 17.7 Å². The fourth-order valence-electron chi connectivity index (χ4n) is 8.29. The van der Waals surface area contributed by atoms with Crippen LogP contribution in [-0.4, -0.2) is 87.3 Å². The summed E-state index contributed by atoms with van der Waals surface area (Å²) >= 11 is 6.46. The zero-order chi connectivity index (χ0) is 47.9. The van der Waals surface area contributed by atoms with Crippen LogP contribution in [0.2, 0.25) is 0 Å². The molecule has 0 radical (unpaired) electrons. The number of carbonyl (C=O) groups excluding carboxylic acids is 2. The number of rotatable bonds is 18. The number of carbonyl (C=O) groups is 2. The first-order chi connectivity index (χ1) is 32.7. The van der Waals surface area contributed by atoms with Gasteiger partial charge in [-0.05, 0) is 65.3 Å². The lowest BCUT2D eigenvalue weighted by atomic mass is 9.75. The van der Waals surface area contributed by atoms with Crippen molar-refractivity contribution in [1.82, 2.24) is 29.1 Å². The molecule has 1 amide bonds. The smallest absolute Gasteiger partial charge is 0.362 e. The molecule has 1 aliphatic rings. The highest BCUT2D eigenvalue weighted by molar-refractivity contribution is 7.83. The Balaban J connectivity index is 1.20. The maximum Gasteiger partial charge on any atom is 0.362 e. The lowest BCUT2D eigenvalue weighted by Gasteiger charge is -2.50. The Labute approximate surface area is 401 Å². The summed E-state index contributed by atoms with van der Waals surface area (Å²) in [7, 11) is 3.20. The predicted octanol–water partition coefficient (Wildman–Crippen LogP) is 9.70. The monoisotopic (exact) mass is 955 g/mol. The maximum absolute atomic E-state index is 13.6. The van der Waals surface area contributed by atoms with Crippen LogP contribution in [-0.2, 0) is 42.0 Å². The molecule has 1 saturated heterocycles. The molecule has 4 atom stereocenters. The number of aldehydes is 1. The van der Waals surface area contributed by atoms with E-state index in [4.69, 9.17) is 39.9 Å². The molecule has 1 fully saturated rings. The predicted molar refractivity (Wildman–Crippen MR) is 263 cm³/mol. The number of imidazole rings is 1. The van der Waals surface area contributed by atoms with Gasteiger partial charge in [0.1, 0.15) is 18.6 Å². The molecule has 8 rings (SSSR count). The molecule has 14 nitrogen and oxygen atoms in total. The molecule has 352 valence electrons. The van der Waals surface area contributed by atoms with Crippen LogP contribution in [0.25, 0.3) is 11.2 Å². The van der Waals surface area contributed by atoms with Crippen molar-refractivity contribution < 1.29 is 32.9 Å². The number of morpholine rings is 1. The first kappa shape index (κ1) is 48.2. The van der Waals surface area contributed by atoms with Gasteiger partial charge in [-0.15, -0.1) is 0 Å². The summed E-state index contributed by atoms with van der Waals surface area (Å²) < 4.78 is 41.9. The molecule has 0 aliphatic carbocycles. The van der Waals surface area contributed by atoms with E-state index in [2.05, 4.69) is 51.6 Å². The molecule has 2 aromatic heterocycles. The van der Waals surface area contributed by atoms with Crippen LogP contribution < -0.4 is 14.8 Å². The van der Waals surface area contributed by atoms with E-state index in [0.29, 0.717) is 30.0 Å². The number of aromatic nitrogens is 4. The number of hydrogen-bond donors (Lipinski definition) is 1. The first-order valence-electron chi connectivity index (χ1n) is 22.4. The Kier molecular flexibility index (Phi) is 14.9. The molecule has 0 saturated carbocycles. The second kappa shape index (κ2) is 20.9. The van der Waals surface area contributed by atoms with E-state index in [9.17, 15) is 14.2 Å². The highest BCUT2D eigenvalue weighted by Crippen LogP contribution is 2.54. The van der Waals surface area contributed by atoms with Gasteiger partial charge in [-0.2, -0.15) is 9.97 Å². The van der Waals surface area contributed by atoms with E-state index < -0.39 is 30.8 Å². The summed E-state index contributed by atoms with van der Waals surface area (Å²) in [4.78, 5) is 42.1. The molecular weight excluding hydrogens is 901 g/mol. The number of anilines is 1. The van der Waals surface area contributed by atoms with Crippen molar-refractivity contribution in [2.45, 2.75) is 57.8 Å². The standard InChI is InChI=1S/C52H55ClN7O7P/c1-51(2,3)44(33-61)66-42-28-26-38(27-29-42)34-64-49-47-48(56-50(57-49)55-45(62)30-37-18-10-6-11-19-37)60(36-54-47)46-32-59(31-43(67-46)35-65-68(53,63)58(4)5)52(39-20-12-7-13-21-39,40-22-14-8-15-23-40)41-24-16-9-17-25-41/h6-29,33,36,43-44,46H,30-32,34-35H2,1-5H3,(H,55,56,57,62)/t43-,44?,46+,68?/m0/s1. The van der Waals surface area contributed by atoms with Crippen molar-refractivity contribution in [3.05, 3.63) is 180 Å². The molecule has 3 heterocycles. The number of ether oxygens (including phenoxy) is 3. The zero-order valence-electron chi connectivity index (χ0n) is 38.6. The highest BCUT2D eigenvalue weighted by atomic mass is 35.7. The van der Waals surface area contributed by atoms with Crippen molar-refractivity contribution in [3.8, 4) is 11.6 Å². The fourth-order valence-corrected chi connectivity index (χ4v) is 9.04. The molecule has 5 aromatic carbocycles. The number of fused-ring (bicyclic) bond motifs is 1. The zero-order valence-corrected chi connectivity index (χ0v) is 40.3. The Morgan fingerprint density at radius 3 is 1.96 bits per heavy atom. The molecule has 1 aliphatic heterocycles. The van der Waals surface area contributed by atoms with Gasteiger partial charge in [0.25, 0.3) is 0 Å². The molecule has 2 unspecified atom stereocenters. The van der Waals surface area contributed by atoms with Crippen LogP contribution >= 0.6 is 18.1 Å². The van der Waals surface area contributed by atoms with Crippen LogP contribution in [0.5, 0.6) is 11.6 Å². The number of nitrogens with one attached hydrogen (secondary N) is 1. The third kappa shape index (κ3) is 10.9. The van der Waals surface area contributed by atoms with Crippen molar-refractivity contribution in [2.75, 3.05) is 39.1 Å². The van der Waals surface area contributed by atoms with Gasteiger partial charge in [-0.3, -0.25) is 28.9 Å². The van der Waals surface area contributed by atoms with Gasteiger partial charge >= 0.3 is 6.87 Å². The molecule has 7 aromatic rings. The molecular formula is C52H55ClN7O7P. The van der Waals surface area contributed by atoms with E-state index in [1.807, 2.05) is 118 Å². The quantitative estimate of drug-likeness (QED) is 0.0496. The Bertz CT molecular complexity index is 2740. The number of halogens is 1. The lowest BCUT2D eigenvalue weighted by Crippen LogP contribution is -2.57. The second-order valence-electron chi connectivity index (χ2n) is 17.9. The summed E-state index contributed by atoms with van der Waals surface area (Å²) in [5, 5.41) is 2.89. The van der Waals surface area contributed by atoms with Gasteiger partial charge in [0.05, 0.1) is 31.0 Å². The van der Waals surface area contributed by atoms with Crippen LogP contribution in [0.1, 0.15) is 54.8 Å². The number of amides is 1. The van der Waals surface area contributed by atoms with Crippen molar-refractivity contribution in [2.24, 2.45) is 5.41 Å². The summed E-state index contributed by atoms with van der Waals surface area (Å²) in [6.45, 7) is 2.75. The largest absolute Gasteiger partial charge is 0.482 e. The Hall–Kier alpha value is -6.25. The van der Waals surface area contributed by atoms with E-state index in [1.165, 1.54) is 4.67 Å². The summed E-state index contributed by atoms with van der Waals surface area (Å²) in [6.07, 6.45) is 0.449. The number of hydrogen-bond acceptors (Lipinski definition) is 11. The topological polar surface area (TPSA) is 150 Å². The van der Waals surface area contributed by atoms with Gasteiger partial charge in [-0.1, -0.05) is 154 Å². The van der Waals surface area contributed by atoms with Gasteiger partial charge in [0, 0.05) is 18.5 Å². The van der Waals surface area contributed by atoms with Gasteiger partial charge in [0.15, 0.2) is 23.6 Å². The molecule has 0 spiro atoms. The maximum atomic E-state index is 13.6. The SMILES string of the molecule is CN(C)P(=O)(Cl)OC[C@@H]1CN(C(c2ccccc2)(c2ccccc2)c2ccccc2)C[C@H](n2cnc3c(OCc4ccc(OC(C=O)C(C)(C)C)cc4)nc(NC(=O)Cc4ccccc4)nc32)O1. The second-order valence-corrected chi connectivity index (χ2v) is 21.1. The van der Waals surface area contributed by atoms with E-state index in [-0.39, 0.29) is 42.8 Å². The molecule has 1 N–H and O–H groups in total. The van der Waals surface area contributed by atoms with Gasteiger partial charge < -0.3 is 18.7 Å². The van der Waals surface area contributed by atoms with Crippen LogP contribution in [0.3, 0.4) is 0 Å². The minimum Gasteiger partial charge on any atom is -0.482 e. The Morgan fingerprint density at radius 1 is 0.838 bits per heavy atom. The average Bonchev–Trinajstić information content (AvgIpc) is 3.78. The van der Waals surface area contributed by atoms with Crippen molar-refractivity contribution >= 4 is 47.4 Å². The van der Waals surface area contributed by atoms with E-state index in [0.717, 1.165) is 34.1 Å². The van der Waals surface area contributed by atoms with Crippen molar-refractivity contribution in [1.29, 1.82) is 0 Å². The molecule has 68 heavy (non-hydrogen) atoms. The summed E-state index contributed by atoms with van der Waals surface area (Å²) in [5.74, 6) is 0.361. The summed E-state index contributed by atoms with van der Waals surface area (Å²) in [5.41, 5.74) is 4.08. The normalized spacial score (nSPS) is 17.0. The Morgan fingerprint density at radius 2 is 1.41 bits per heavy atom. The third-order valence-electron chi connectivity index (χ3n) is 11.8. The van der Waals surface area contributed by atoms with Gasteiger partial charge in [-0.25, -0.2) is 9.65 Å². The fraction of sp³-hybridized carbons (Fsp3) is 0.288.